The molecular formula is C15H17F3N4O. The lowest BCUT2D eigenvalue weighted by Gasteiger charge is -2.11. The molecule has 1 aromatic heterocycles. The van der Waals surface area contributed by atoms with Crippen LogP contribution in [0.15, 0.2) is 30.5 Å². The van der Waals surface area contributed by atoms with Gasteiger partial charge in [0.15, 0.2) is 0 Å². The highest BCUT2D eigenvalue weighted by Gasteiger charge is 2.31. The molecule has 2 aromatic rings. The quantitative estimate of drug-likeness (QED) is 0.902. The van der Waals surface area contributed by atoms with Crippen molar-refractivity contribution >= 4 is 0 Å². The lowest BCUT2D eigenvalue weighted by molar-refractivity contribution is -0.137. The van der Waals surface area contributed by atoms with Crippen LogP contribution in [0.25, 0.3) is 0 Å². The molecule has 5 nitrogen and oxygen atoms in total. The summed E-state index contributed by atoms with van der Waals surface area (Å²) < 4.78 is 39.9. The van der Waals surface area contributed by atoms with Crippen LogP contribution >= 0.6 is 0 Å². The molecule has 1 aliphatic rings. The Morgan fingerprint density at radius 2 is 2.22 bits per heavy atom. The minimum Gasteiger partial charge on any atom is -0.382 e. The lowest BCUT2D eigenvalue weighted by atomic mass is 10.0. The van der Waals surface area contributed by atoms with Gasteiger partial charge in [-0.1, -0.05) is 17.3 Å². The number of alkyl halides is 3. The Morgan fingerprint density at radius 3 is 2.91 bits per heavy atom. The number of aliphatic hydroxyl groups excluding tert-OH is 1. The fraction of sp³-hybridized carbons (Fsp3) is 0.467. The fourth-order valence-corrected chi connectivity index (χ4v) is 2.72. The van der Waals surface area contributed by atoms with Crippen molar-refractivity contribution in [3.8, 4) is 0 Å². The highest BCUT2D eigenvalue weighted by molar-refractivity contribution is 5.30. The number of aromatic nitrogens is 3. The van der Waals surface area contributed by atoms with Gasteiger partial charge < -0.3 is 10.4 Å². The second kappa shape index (κ2) is 6.29. The minimum absolute atomic E-state index is 0.148. The zero-order valence-corrected chi connectivity index (χ0v) is 12.3. The molecule has 2 N–H and O–H groups in total. The molecule has 2 unspecified atom stereocenters. The average molecular weight is 326 g/mol. The largest absolute Gasteiger partial charge is 0.416 e. The maximum absolute atomic E-state index is 12.7. The normalized spacial score (nSPS) is 19.9. The first-order chi connectivity index (χ1) is 10.9. The molecule has 2 atom stereocenters. The van der Waals surface area contributed by atoms with Crippen LogP contribution in [-0.2, 0) is 12.7 Å². The van der Waals surface area contributed by atoms with Gasteiger partial charge in [-0.15, -0.1) is 5.10 Å². The molecule has 1 fully saturated rings. The molecule has 1 aromatic carbocycles. The van der Waals surface area contributed by atoms with Crippen LogP contribution in [0, 0.1) is 5.92 Å². The highest BCUT2D eigenvalue weighted by atomic mass is 19.4. The Balaban J connectivity index is 1.75. The maximum atomic E-state index is 12.7. The van der Waals surface area contributed by atoms with Gasteiger partial charge in [-0.2, -0.15) is 13.2 Å². The van der Waals surface area contributed by atoms with E-state index in [0.29, 0.717) is 12.5 Å². The minimum atomic E-state index is -4.44. The van der Waals surface area contributed by atoms with E-state index in [1.807, 2.05) is 0 Å². The van der Waals surface area contributed by atoms with Crippen LogP contribution in [-0.4, -0.2) is 33.2 Å². The highest BCUT2D eigenvalue weighted by Crippen LogP contribution is 2.31. The van der Waals surface area contributed by atoms with Gasteiger partial charge in [0.05, 0.1) is 11.8 Å². The molecule has 0 amide bonds. The summed E-state index contributed by atoms with van der Waals surface area (Å²) >= 11 is 0. The number of halogens is 3. The molecule has 0 aliphatic carbocycles. The molecule has 1 saturated heterocycles. The third-order valence-electron chi connectivity index (χ3n) is 3.97. The number of hydrogen-bond donors (Lipinski definition) is 2. The first-order valence-electron chi connectivity index (χ1n) is 7.39. The second-order valence-electron chi connectivity index (χ2n) is 5.75. The number of nitrogens with one attached hydrogen (secondary N) is 1. The summed E-state index contributed by atoms with van der Waals surface area (Å²) in [5, 5.41) is 21.4. The van der Waals surface area contributed by atoms with Crippen molar-refractivity contribution in [2.75, 3.05) is 13.1 Å². The van der Waals surface area contributed by atoms with Gasteiger partial charge in [0, 0.05) is 6.54 Å². The predicted octanol–water partition coefficient (Wildman–Crippen LogP) is 1.99. The maximum Gasteiger partial charge on any atom is 0.416 e. The zero-order valence-electron chi connectivity index (χ0n) is 12.3. The molecule has 23 heavy (non-hydrogen) atoms. The molecule has 3 rings (SSSR count). The van der Waals surface area contributed by atoms with E-state index >= 15 is 0 Å². The van der Waals surface area contributed by atoms with E-state index in [1.54, 1.807) is 10.9 Å². The zero-order chi connectivity index (χ0) is 16.4. The summed E-state index contributed by atoms with van der Waals surface area (Å²) in [5.74, 6) is 0.454. The van der Waals surface area contributed by atoms with E-state index < -0.39 is 17.8 Å². The van der Waals surface area contributed by atoms with Gasteiger partial charge in [0.25, 0.3) is 0 Å². The topological polar surface area (TPSA) is 63.0 Å². The van der Waals surface area contributed by atoms with Crippen LogP contribution in [0.1, 0.15) is 29.3 Å². The molecule has 2 heterocycles. The second-order valence-corrected chi connectivity index (χ2v) is 5.75. The number of aliphatic hydroxyl groups is 1. The van der Waals surface area contributed by atoms with Crippen LogP contribution in [0.4, 0.5) is 13.2 Å². The summed E-state index contributed by atoms with van der Waals surface area (Å²) in [4.78, 5) is 0. The van der Waals surface area contributed by atoms with Crippen molar-refractivity contribution in [1.29, 1.82) is 0 Å². The summed E-state index contributed by atoms with van der Waals surface area (Å²) in [6.45, 7) is 2.56. The molecule has 0 saturated carbocycles. The van der Waals surface area contributed by atoms with E-state index in [9.17, 15) is 18.3 Å². The number of hydrogen-bond acceptors (Lipinski definition) is 4. The summed E-state index contributed by atoms with van der Waals surface area (Å²) in [6.07, 6.45) is -3.04. The number of benzene rings is 1. The van der Waals surface area contributed by atoms with E-state index in [1.165, 1.54) is 12.1 Å². The van der Waals surface area contributed by atoms with Crippen LogP contribution in [0.3, 0.4) is 0 Å². The molecular weight excluding hydrogens is 309 g/mol. The van der Waals surface area contributed by atoms with Gasteiger partial charge in [0.2, 0.25) is 0 Å². The first kappa shape index (κ1) is 15.9. The first-order valence-corrected chi connectivity index (χ1v) is 7.39. The Kier molecular flexibility index (Phi) is 4.36. The Hall–Kier alpha value is -1.93. The Bertz CT molecular complexity index is 665. The van der Waals surface area contributed by atoms with E-state index in [0.717, 1.165) is 31.6 Å². The smallest absolute Gasteiger partial charge is 0.382 e. The number of nitrogens with zero attached hydrogens (tertiary/aromatic N) is 3. The van der Waals surface area contributed by atoms with Crippen LogP contribution < -0.4 is 5.32 Å². The van der Waals surface area contributed by atoms with Crippen molar-refractivity contribution in [1.82, 2.24) is 20.3 Å². The van der Waals surface area contributed by atoms with Crippen molar-refractivity contribution in [3.05, 3.63) is 47.3 Å². The molecule has 124 valence electrons. The third kappa shape index (κ3) is 3.70. The monoisotopic (exact) mass is 326 g/mol. The van der Waals surface area contributed by atoms with E-state index in [2.05, 4.69) is 15.6 Å². The van der Waals surface area contributed by atoms with Gasteiger partial charge in [0.1, 0.15) is 11.8 Å². The number of rotatable bonds is 4. The van der Waals surface area contributed by atoms with Gasteiger partial charge in [-0.25, -0.2) is 0 Å². The van der Waals surface area contributed by atoms with Gasteiger partial charge >= 0.3 is 6.18 Å². The standard InChI is InChI=1S/C15H17F3N4O/c16-15(17,18)12-3-1-2-11(6-12)14(23)13-9-22(21-20-13)8-10-4-5-19-7-10/h1-3,6,9-10,14,19,23H,4-5,7-8H2. The molecule has 1 aliphatic heterocycles. The fourth-order valence-electron chi connectivity index (χ4n) is 2.72. The van der Waals surface area contributed by atoms with Crippen LogP contribution in [0.2, 0.25) is 0 Å². The summed E-state index contributed by atoms with van der Waals surface area (Å²) in [6, 6.07) is 4.63. The predicted molar refractivity (Wildman–Crippen MR) is 76.5 cm³/mol. The van der Waals surface area contributed by atoms with Crippen molar-refractivity contribution in [3.63, 3.8) is 0 Å². The molecule has 8 heteroatoms. The lowest BCUT2D eigenvalue weighted by Crippen LogP contribution is -2.14. The van der Waals surface area contributed by atoms with Gasteiger partial charge in [-0.05, 0) is 43.1 Å². The Labute approximate surface area is 131 Å². The van der Waals surface area contributed by atoms with E-state index in [4.69, 9.17) is 0 Å². The van der Waals surface area contributed by atoms with Gasteiger partial charge in [-0.3, -0.25) is 4.68 Å². The van der Waals surface area contributed by atoms with Crippen molar-refractivity contribution in [2.24, 2.45) is 5.92 Å². The van der Waals surface area contributed by atoms with E-state index in [-0.39, 0.29) is 11.3 Å². The average Bonchev–Trinajstić information content (AvgIpc) is 3.18. The third-order valence-corrected chi connectivity index (χ3v) is 3.97. The Morgan fingerprint density at radius 1 is 1.39 bits per heavy atom. The SMILES string of the molecule is OC(c1cccc(C(F)(F)F)c1)c1cn(CC2CCNC2)nn1. The summed E-state index contributed by atoms with van der Waals surface area (Å²) in [7, 11) is 0. The molecule has 0 radical (unpaired) electrons. The molecule has 0 bridgehead atoms. The van der Waals surface area contributed by atoms with Crippen molar-refractivity contribution in [2.45, 2.75) is 25.2 Å². The molecule has 0 spiro atoms. The van der Waals surface area contributed by atoms with Crippen LogP contribution in [0.5, 0.6) is 0 Å². The summed E-state index contributed by atoms with van der Waals surface area (Å²) in [5.41, 5.74) is -0.400. The van der Waals surface area contributed by atoms with Crippen molar-refractivity contribution < 1.29 is 18.3 Å².